The fourth-order valence-corrected chi connectivity index (χ4v) is 1.56. The summed E-state index contributed by atoms with van der Waals surface area (Å²) in [5.41, 5.74) is 1.77. The van der Waals surface area contributed by atoms with Gasteiger partial charge in [-0.15, -0.1) is 0 Å². The maximum absolute atomic E-state index is 10.7. The van der Waals surface area contributed by atoms with Crippen molar-refractivity contribution in [2.45, 2.75) is 13.3 Å². The van der Waals surface area contributed by atoms with Crippen LogP contribution in [0, 0.1) is 5.92 Å². The highest BCUT2D eigenvalue weighted by molar-refractivity contribution is 5.81. The van der Waals surface area contributed by atoms with E-state index in [9.17, 15) is 4.79 Å². The highest BCUT2D eigenvalue weighted by Crippen LogP contribution is 2.18. The molecule has 0 fully saturated rings. The molecule has 2 aromatic rings. The van der Waals surface area contributed by atoms with Gasteiger partial charge in [-0.1, -0.05) is 25.1 Å². The van der Waals surface area contributed by atoms with Crippen LogP contribution >= 0.6 is 0 Å². The van der Waals surface area contributed by atoms with E-state index in [1.54, 1.807) is 6.92 Å². The van der Waals surface area contributed by atoms with Gasteiger partial charge in [0.2, 0.25) is 0 Å². The van der Waals surface area contributed by atoms with Gasteiger partial charge in [-0.25, -0.2) is 0 Å². The zero-order valence-corrected chi connectivity index (χ0v) is 8.40. The summed E-state index contributed by atoms with van der Waals surface area (Å²) in [5, 5.41) is 16.8. The molecule has 1 heterocycles. The summed E-state index contributed by atoms with van der Waals surface area (Å²) >= 11 is 0. The van der Waals surface area contributed by atoms with Crippen molar-refractivity contribution in [1.82, 2.24) is 10.2 Å². The third kappa shape index (κ3) is 1.83. The van der Waals surface area contributed by atoms with E-state index in [4.69, 9.17) is 5.11 Å². The van der Waals surface area contributed by atoms with E-state index < -0.39 is 11.9 Å². The number of carboxylic acids is 1. The first-order valence-electron chi connectivity index (χ1n) is 4.83. The number of aromatic nitrogens is 2. The van der Waals surface area contributed by atoms with Gasteiger partial charge >= 0.3 is 5.97 Å². The Labute approximate surface area is 86.9 Å². The second kappa shape index (κ2) is 3.73. The van der Waals surface area contributed by atoms with Crippen LogP contribution in [0.4, 0.5) is 0 Å². The van der Waals surface area contributed by atoms with Crippen LogP contribution in [0.1, 0.15) is 12.6 Å². The molecule has 0 saturated carbocycles. The van der Waals surface area contributed by atoms with E-state index in [-0.39, 0.29) is 0 Å². The van der Waals surface area contributed by atoms with Crippen molar-refractivity contribution in [1.29, 1.82) is 0 Å². The van der Waals surface area contributed by atoms with Crippen LogP contribution < -0.4 is 0 Å². The van der Waals surface area contributed by atoms with E-state index in [0.29, 0.717) is 6.42 Å². The zero-order chi connectivity index (χ0) is 10.8. The van der Waals surface area contributed by atoms with E-state index >= 15 is 0 Å². The lowest BCUT2D eigenvalue weighted by molar-refractivity contribution is -0.141. The monoisotopic (exact) mass is 204 g/mol. The molecule has 0 aliphatic heterocycles. The highest BCUT2D eigenvalue weighted by Gasteiger charge is 2.14. The van der Waals surface area contributed by atoms with Crippen molar-refractivity contribution >= 4 is 16.9 Å². The molecule has 4 heteroatoms. The maximum atomic E-state index is 10.7. The summed E-state index contributed by atoms with van der Waals surface area (Å²) in [4.78, 5) is 10.7. The second-order valence-electron chi connectivity index (χ2n) is 3.66. The van der Waals surface area contributed by atoms with Crippen molar-refractivity contribution in [3.63, 3.8) is 0 Å². The molecule has 15 heavy (non-hydrogen) atoms. The van der Waals surface area contributed by atoms with Gasteiger partial charge in [0.1, 0.15) is 0 Å². The lowest BCUT2D eigenvalue weighted by Gasteiger charge is -2.03. The number of para-hydroxylation sites is 1. The summed E-state index contributed by atoms with van der Waals surface area (Å²) in [6.45, 7) is 1.69. The largest absolute Gasteiger partial charge is 0.481 e. The number of nitrogens with zero attached hydrogens (tertiary/aromatic N) is 1. The summed E-state index contributed by atoms with van der Waals surface area (Å²) in [5.74, 6) is -1.18. The van der Waals surface area contributed by atoms with Crippen molar-refractivity contribution in [3.05, 3.63) is 30.0 Å². The number of benzene rings is 1. The summed E-state index contributed by atoms with van der Waals surface area (Å²) in [6, 6.07) is 7.68. The third-order valence-electron chi connectivity index (χ3n) is 2.47. The van der Waals surface area contributed by atoms with Gasteiger partial charge in [0, 0.05) is 17.5 Å². The summed E-state index contributed by atoms with van der Waals surface area (Å²) in [7, 11) is 0. The number of carbonyl (C=O) groups is 1. The summed E-state index contributed by atoms with van der Waals surface area (Å²) < 4.78 is 0. The minimum Gasteiger partial charge on any atom is -0.481 e. The maximum Gasteiger partial charge on any atom is 0.306 e. The van der Waals surface area contributed by atoms with Gasteiger partial charge in [-0.3, -0.25) is 9.89 Å². The number of carboxylic acid groups (broad SMARTS) is 1. The van der Waals surface area contributed by atoms with Crippen molar-refractivity contribution in [2.75, 3.05) is 0 Å². The van der Waals surface area contributed by atoms with E-state index in [0.717, 1.165) is 16.6 Å². The smallest absolute Gasteiger partial charge is 0.306 e. The van der Waals surface area contributed by atoms with Crippen LogP contribution in [0.3, 0.4) is 0 Å². The standard InChI is InChI=1S/C11H12N2O2/c1-7(11(14)15)6-10-8-4-2-3-5-9(8)12-13-10/h2-5,7H,6H2,1H3,(H,12,13)(H,14,15). The fraction of sp³-hybridized carbons (Fsp3) is 0.273. The number of rotatable bonds is 3. The average molecular weight is 204 g/mol. The van der Waals surface area contributed by atoms with E-state index in [2.05, 4.69) is 10.2 Å². The van der Waals surface area contributed by atoms with Crippen molar-refractivity contribution < 1.29 is 9.90 Å². The van der Waals surface area contributed by atoms with Gasteiger partial charge in [0.25, 0.3) is 0 Å². The number of aliphatic carboxylic acids is 1. The van der Waals surface area contributed by atoms with Crippen LogP contribution in [0.15, 0.2) is 24.3 Å². The van der Waals surface area contributed by atoms with Crippen molar-refractivity contribution in [2.24, 2.45) is 5.92 Å². The molecule has 1 aromatic carbocycles. The number of hydrogen-bond acceptors (Lipinski definition) is 2. The number of nitrogens with one attached hydrogen (secondary N) is 1. The molecule has 1 atom stereocenters. The van der Waals surface area contributed by atoms with Crippen LogP contribution in [-0.4, -0.2) is 21.3 Å². The molecule has 4 nitrogen and oxygen atoms in total. The number of hydrogen-bond donors (Lipinski definition) is 2. The Morgan fingerprint density at radius 1 is 1.53 bits per heavy atom. The minimum absolute atomic E-state index is 0.395. The van der Waals surface area contributed by atoms with Gasteiger partial charge in [0.15, 0.2) is 0 Å². The quantitative estimate of drug-likeness (QED) is 0.801. The molecular formula is C11H12N2O2. The second-order valence-corrected chi connectivity index (χ2v) is 3.66. The Bertz CT molecular complexity index is 490. The molecule has 2 rings (SSSR count). The topological polar surface area (TPSA) is 66.0 Å². The predicted molar refractivity (Wildman–Crippen MR) is 56.6 cm³/mol. The third-order valence-corrected chi connectivity index (χ3v) is 2.47. The molecule has 0 amide bonds. The Morgan fingerprint density at radius 2 is 2.27 bits per heavy atom. The molecule has 78 valence electrons. The minimum atomic E-state index is -0.784. The van der Waals surface area contributed by atoms with Gasteiger partial charge < -0.3 is 5.11 Å². The molecule has 0 bridgehead atoms. The Morgan fingerprint density at radius 3 is 3.00 bits per heavy atom. The van der Waals surface area contributed by atoms with Crippen molar-refractivity contribution in [3.8, 4) is 0 Å². The first-order valence-corrected chi connectivity index (χ1v) is 4.83. The molecule has 2 N–H and O–H groups in total. The Hall–Kier alpha value is -1.84. The summed E-state index contributed by atoms with van der Waals surface area (Å²) in [6.07, 6.45) is 0.482. The SMILES string of the molecule is CC(Cc1[nH]nc2ccccc12)C(=O)O. The average Bonchev–Trinajstić information content (AvgIpc) is 2.62. The molecule has 0 aliphatic rings. The fourth-order valence-electron chi connectivity index (χ4n) is 1.56. The lowest BCUT2D eigenvalue weighted by atomic mass is 10.0. The van der Waals surface area contributed by atoms with Crippen LogP contribution in [0.2, 0.25) is 0 Å². The molecule has 0 spiro atoms. The Kier molecular flexibility index (Phi) is 2.41. The first-order chi connectivity index (χ1) is 7.18. The van der Waals surface area contributed by atoms with Gasteiger partial charge in [-0.05, 0) is 6.07 Å². The van der Waals surface area contributed by atoms with Gasteiger partial charge in [0.05, 0.1) is 11.4 Å². The number of fused-ring (bicyclic) bond motifs is 1. The molecular weight excluding hydrogens is 192 g/mol. The van der Waals surface area contributed by atoms with Crippen LogP contribution in [0.5, 0.6) is 0 Å². The molecule has 0 saturated heterocycles. The molecule has 1 unspecified atom stereocenters. The molecule has 0 radical (unpaired) electrons. The van der Waals surface area contributed by atoms with Gasteiger partial charge in [-0.2, -0.15) is 5.10 Å². The van der Waals surface area contributed by atoms with E-state index in [1.165, 1.54) is 0 Å². The number of aromatic amines is 1. The normalized spacial score (nSPS) is 12.9. The zero-order valence-electron chi connectivity index (χ0n) is 8.40. The van der Waals surface area contributed by atoms with Crippen LogP contribution in [-0.2, 0) is 11.2 Å². The lowest BCUT2D eigenvalue weighted by Crippen LogP contribution is -2.12. The highest BCUT2D eigenvalue weighted by atomic mass is 16.4. The number of H-pyrrole nitrogens is 1. The molecule has 0 aliphatic carbocycles. The van der Waals surface area contributed by atoms with E-state index in [1.807, 2.05) is 24.3 Å². The predicted octanol–water partition coefficient (Wildman–Crippen LogP) is 1.83. The first kappa shape index (κ1) is 9.71. The van der Waals surface area contributed by atoms with Crippen LogP contribution in [0.25, 0.3) is 10.9 Å². The Balaban J connectivity index is 2.32. The molecule has 1 aromatic heterocycles.